The van der Waals surface area contributed by atoms with Gasteiger partial charge in [0.2, 0.25) is 0 Å². The molecule has 2 saturated heterocycles. The Hall–Kier alpha value is -0.770. The zero-order valence-corrected chi connectivity index (χ0v) is 9.82. The van der Waals surface area contributed by atoms with Gasteiger partial charge in [0.15, 0.2) is 0 Å². The maximum absolute atomic E-state index is 12.2. The van der Waals surface area contributed by atoms with Crippen molar-refractivity contribution in [3.8, 4) is 0 Å². The molecule has 16 heavy (non-hydrogen) atoms. The molecule has 2 aliphatic heterocycles. The number of rotatable bonds is 3. The van der Waals surface area contributed by atoms with Crippen LogP contribution in [-0.2, 0) is 0 Å². The van der Waals surface area contributed by atoms with E-state index in [4.69, 9.17) is 0 Å². The van der Waals surface area contributed by atoms with Crippen LogP contribution in [0, 0.1) is 5.92 Å². The average Bonchev–Trinajstić information content (AvgIpc) is 3.06. The summed E-state index contributed by atoms with van der Waals surface area (Å²) in [7, 11) is 0. The molecule has 0 radical (unpaired) electrons. The second-order valence-electron chi connectivity index (χ2n) is 5.35. The summed E-state index contributed by atoms with van der Waals surface area (Å²) in [6.45, 7) is 5.06. The molecule has 3 rings (SSSR count). The maximum atomic E-state index is 12.2. The predicted octanol–water partition coefficient (Wildman–Crippen LogP) is 0.886. The standard InChI is InChI=1S/C12H21N3O/c16-12-14(9-10-1-2-10)7-8-15(12)11-3-5-13-6-4-11/h10-11,13H,1-9H2. The van der Waals surface area contributed by atoms with E-state index in [1.807, 2.05) is 0 Å². The Kier molecular flexibility index (Phi) is 2.75. The van der Waals surface area contributed by atoms with Gasteiger partial charge < -0.3 is 15.1 Å². The number of nitrogens with zero attached hydrogens (tertiary/aromatic N) is 2. The fourth-order valence-electron chi connectivity index (χ4n) is 2.84. The van der Waals surface area contributed by atoms with Gasteiger partial charge in [0, 0.05) is 25.7 Å². The third kappa shape index (κ3) is 2.03. The zero-order valence-electron chi connectivity index (χ0n) is 9.82. The largest absolute Gasteiger partial charge is 0.323 e. The fourth-order valence-corrected chi connectivity index (χ4v) is 2.84. The Balaban J connectivity index is 1.57. The molecule has 0 aromatic heterocycles. The van der Waals surface area contributed by atoms with Crippen molar-refractivity contribution in [2.45, 2.75) is 31.7 Å². The van der Waals surface area contributed by atoms with Crippen molar-refractivity contribution < 1.29 is 4.79 Å². The van der Waals surface area contributed by atoms with E-state index >= 15 is 0 Å². The summed E-state index contributed by atoms with van der Waals surface area (Å²) in [6.07, 6.45) is 4.92. The summed E-state index contributed by atoms with van der Waals surface area (Å²) in [4.78, 5) is 16.4. The molecule has 2 heterocycles. The Bertz CT molecular complexity index is 271. The van der Waals surface area contributed by atoms with E-state index in [9.17, 15) is 4.79 Å². The average molecular weight is 223 g/mol. The molecule has 0 unspecified atom stereocenters. The van der Waals surface area contributed by atoms with Crippen molar-refractivity contribution in [1.82, 2.24) is 15.1 Å². The van der Waals surface area contributed by atoms with Crippen LogP contribution in [0.15, 0.2) is 0 Å². The van der Waals surface area contributed by atoms with Gasteiger partial charge in [-0.25, -0.2) is 4.79 Å². The van der Waals surface area contributed by atoms with E-state index in [2.05, 4.69) is 15.1 Å². The van der Waals surface area contributed by atoms with Crippen LogP contribution in [0.4, 0.5) is 4.79 Å². The normalized spacial score (nSPS) is 27.9. The second-order valence-corrected chi connectivity index (χ2v) is 5.35. The Labute approximate surface area is 97.0 Å². The van der Waals surface area contributed by atoms with Crippen LogP contribution in [-0.4, -0.2) is 54.6 Å². The highest BCUT2D eigenvalue weighted by molar-refractivity contribution is 5.77. The van der Waals surface area contributed by atoms with Gasteiger partial charge in [0.1, 0.15) is 0 Å². The van der Waals surface area contributed by atoms with E-state index in [1.165, 1.54) is 12.8 Å². The molecule has 90 valence electrons. The lowest BCUT2D eigenvalue weighted by atomic mass is 10.1. The minimum Gasteiger partial charge on any atom is -0.323 e. The maximum Gasteiger partial charge on any atom is 0.320 e. The number of carbonyl (C=O) groups excluding carboxylic acids is 1. The van der Waals surface area contributed by atoms with Crippen molar-refractivity contribution in [3.05, 3.63) is 0 Å². The van der Waals surface area contributed by atoms with Crippen LogP contribution in [0.2, 0.25) is 0 Å². The Morgan fingerprint density at radius 2 is 1.88 bits per heavy atom. The quantitative estimate of drug-likeness (QED) is 0.771. The molecule has 0 atom stereocenters. The van der Waals surface area contributed by atoms with E-state index in [0.29, 0.717) is 12.1 Å². The molecule has 2 amide bonds. The molecule has 0 aromatic rings. The number of amides is 2. The van der Waals surface area contributed by atoms with Crippen molar-refractivity contribution in [3.63, 3.8) is 0 Å². The number of piperidine rings is 1. The third-order valence-corrected chi connectivity index (χ3v) is 4.05. The predicted molar refractivity (Wildman–Crippen MR) is 62.3 cm³/mol. The number of carbonyl (C=O) groups is 1. The van der Waals surface area contributed by atoms with Gasteiger partial charge in [0.25, 0.3) is 0 Å². The van der Waals surface area contributed by atoms with Gasteiger partial charge in [-0.15, -0.1) is 0 Å². The first-order valence-electron chi connectivity index (χ1n) is 6.61. The van der Waals surface area contributed by atoms with Crippen LogP contribution in [0.1, 0.15) is 25.7 Å². The summed E-state index contributed by atoms with van der Waals surface area (Å²) in [5, 5.41) is 3.35. The molecule has 3 aliphatic rings. The zero-order chi connectivity index (χ0) is 11.0. The molecule has 0 bridgehead atoms. The second kappa shape index (κ2) is 4.24. The highest BCUT2D eigenvalue weighted by atomic mass is 16.2. The summed E-state index contributed by atoms with van der Waals surface area (Å²) in [5.41, 5.74) is 0. The lowest BCUT2D eigenvalue weighted by molar-refractivity contribution is 0.165. The Morgan fingerprint density at radius 3 is 2.56 bits per heavy atom. The molecule has 1 aliphatic carbocycles. The van der Waals surface area contributed by atoms with Gasteiger partial charge in [-0.1, -0.05) is 0 Å². The lowest BCUT2D eigenvalue weighted by Gasteiger charge is -2.31. The van der Waals surface area contributed by atoms with Gasteiger partial charge >= 0.3 is 6.03 Å². The topological polar surface area (TPSA) is 35.6 Å². The Morgan fingerprint density at radius 1 is 1.12 bits per heavy atom. The molecule has 4 nitrogen and oxygen atoms in total. The van der Waals surface area contributed by atoms with Crippen molar-refractivity contribution in [2.75, 3.05) is 32.7 Å². The number of hydrogen-bond acceptors (Lipinski definition) is 2. The molecule has 1 N–H and O–H groups in total. The van der Waals surface area contributed by atoms with Crippen LogP contribution in [0.25, 0.3) is 0 Å². The molecule has 0 aromatic carbocycles. The van der Waals surface area contributed by atoms with E-state index in [-0.39, 0.29) is 0 Å². The summed E-state index contributed by atoms with van der Waals surface area (Å²) in [6, 6.07) is 0.803. The molecule has 0 spiro atoms. The van der Waals surface area contributed by atoms with Gasteiger partial charge in [-0.05, 0) is 44.7 Å². The SMILES string of the molecule is O=C1N(CC2CC2)CCN1C1CCNCC1. The van der Waals surface area contributed by atoms with Crippen molar-refractivity contribution in [1.29, 1.82) is 0 Å². The van der Waals surface area contributed by atoms with Crippen LogP contribution in [0.3, 0.4) is 0 Å². The monoisotopic (exact) mass is 223 g/mol. The molecule has 4 heteroatoms. The van der Waals surface area contributed by atoms with Crippen LogP contribution >= 0.6 is 0 Å². The lowest BCUT2D eigenvalue weighted by Crippen LogP contribution is -2.45. The van der Waals surface area contributed by atoms with Gasteiger partial charge in [-0.3, -0.25) is 0 Å². The van der Waals surface area contributed by atoms with Crippen LogP contribution < -0.4 is 5.32 Å². The van der Waals surface area contributed by atoms with Gasteiger partial charge in [-0.2, -0.15) is 0 Å². The van der Waals surface area contributed by atoms with E-state index in [1.54, 1.807) is 0 Å². The highest BCUT2D eigenvalue weighted by Gasteiger charge is 2.36. The smallest absolute Gasteiger partial charge is 0.320 e. The molecule has 3 fully saturated rings. The van der Waals surface area contributed by atoms with E-state index in [0.717, 1.165) is 51.5 Å². The minimum atomic E-state index is 0.304. The summed E-state index contributed by atoms with van der Waals surface area (Å²) < 4.78 is 0. The summed E-state index contributed by atoms with van der Waals surface area (Å²) in [5.74, 6) is 0.817. The highest BCUT2D eigenvalue weighted by Crippen LogP contribution is 2.31. The number of nitrogens with one attached hydrogen (secondary N) is 1. The molecular formula is C12H21N3O. The first kappa shape index (κ1) is 10.4. The van der Waals surface area contributed by atoms with Gasteiger partial charge in [0.05, 0.1) is 0 Å². The fraction of sp³-hybridized carbons (Fsp3) is 0.917. The first-order chi connectivity index (χ1) is 7.84. The third-order valence-electron chi connectivity index (χ3n) is 4.05. The number of urea groups is 1. The molecular weight excluding hydrogens is 202 g/mol. The number of hydrogen-bond donors (Lipinski definition) is 1. The molecule has 1 saturated carbocycles. The minimum absolute atomic E-state index is 0.304. The van der Waals surface area contributed by atoms with Crippen molar-refractivity contribution >= 4 is 6.03 Å². The first-order valence-corrected chi connectivity index (χ1v) is 6.61. The van der Waals surface area contributed by atoms with Crippen LogP contribution in [0.5, 0.6) is 0 Å². The summed E-state index contributed by atoms with van der Waals surface area (Å²) >= 11 is 0. The van der Waals surface area contributed by atoms with E-state index < -0.39 is 0 Å². The van der Waals surface area contributed by atoms with Crippen molar-refractivity contribution in [2.24, 2.45) is 5.92 Å².